The Kier molecular flexibility index (Phi) is 3.54. The second-order valence-corrected chi connectivity index (χ2v) is 4.35. The van der Waals surface area contributed by atoms with Gasteiger partial charge < -0.3 is 9.30 Å². The van der Waals surface area contributed by atoms with Crippen molar-refractivity contribution in [3.05, 3.63) is 28.5 Å². The summed E-state index contributed by atoms with van der Waals surface area (Å²) in [7, 11) is 0. The number of rotatable bonds is 3. The maximum atomic E-state index is 10.6. The lowest BCUT2D eigenvalue weighted by atomic mass is 10.3. The van der Waals surface area contributed by atoms with E-state index in [4.69, 9.17) is 27.9 Å². The van der Waals surface area contributed by atoms with Gasteiger partial charge in [0.1, 0.15) is 6.61 Å². The van der Waals surface area contributed by atoms with Crippen molar-refractivity contribution in [3.63, 3.8) is 0 Å². The van der Waals surface area contributed by atoms with Gasteiger partial charge in [0.05, 0.1) is 34.0 Å². The Morgan fingerprint density at radius 3 is 2.82 bits per heavy atom. The molecule has 4 nitrogen and oxygen atoms in total. The van der Waals surface area contributed by atoms with Gasteiger partial charge >= 0.3 is 5.97 Å². The summed E-state index contributed by atoms with van der Waals surface area (Å²) in [6.45, 7) is 2.22. The van der Waals surface area contributed by atoms with Crippen molar-refractivity contribution >= 4 is 40.2 Å². The number of nitrogens with zero attached hydrogens (tertiary/aromatic N) is 2. The van der Waals surface area contributed by atoms with E-state index in [0.29, 0.717) is 23.2 Å². The van der Waals surface area contributed by atoms with E-state index in [1.54, 1.807) is 18.5 Å². The van der Waals surface area contributed by atoms with Crippen LogP contribution in [0.2, 0.25) is 10.0 Å². The predicted octanol–water partition coefficient (Wildman–Crippen LogP) is 2.91. The fraction of sp³-hybridized carbons (Fsp3) is 0.273. The minimum Gasteiger partial charge on any atom is -0.464 e. The monoisotopic (exact) mass is 272 g/mol. The van der Waals surface area contributed by atoms with Crippen LogP contribution >= 0.6 is 23.2 Å². The van der Waals surface area contributed by atoms with E-state index in [9.17, 15) is 4.79 Å². The summed E-state index contributed by atoms with van der Waals surface area (Å²) in [5.74, 6) is -0.296. The number of fused-ring (bicyclic) bond motifs is 1. The summed E-state index contributed by atoms with van der Waals surface area (Å²) in [6.07, 6.45) is 1.67. The highest BCUT2D eigenvalue weighted by molar-refractivity contribution is 6.42. The number of hydrogen-bond donors (Lipinski definition) is 0. The first-order valence-corrected chi connectivity index (χ1v) is 5.77. The summed E-state index contributed by atoms with van der Waals surface area (Å²) >= 11 is 11.8. The number of imidazole rings is 1. The maximum absolute atomic E-state index is 10.6. The van der Waals surface area contributed by atoms with Crippen molar-refractivity contribution in [3.8, 4) is 0 Å². The second-order valence-electron chi connectivity index (χ2n) is 3.53. The molecule has 90 valence electrons. The number of esters is 1. The molecule has 0 bridgehead atoms. The van der Waals surface area contributed by atoms with Gasteiger partial charge in [-0.3, -0.25) is 4.79 Å². The van der Waals surface area contributed by atoms with Gasteiger partial charge in [-0.05, 0) is 12.1 Å². The van der Waals surface area contributed by atoms with Crippen molar-refractivity contribution < 1.29 is 9.53 Å². The molecular formula is C11H10Cl2N2O2. The van der Waals surface area contributed by atoms with Crippen LogP contribution in [0, 0.1) is 0 Å². The van der Waals surface area contributed by atoms with Crippen molar-refractivity contribution in [2.75, 3.05) is 6.61 Å². The SMILES string of the molecule is CC(=O)OCCn1cnc2cc(Cl)c(Cl)cc21. The van der Waals surface area contributed by atoms with Gasteiger partial charge in [0.25, 0.3) is 0 Å². The summed E-state index contributed by atoms with van der Waals surface area (Å²) in [5, 5.41) is 0.956. The third-order valence-corrected chi connectivity index (χ3v) is 3.02. The predicted molar refractivity (Wildman–Crippen MR) is 66.4 cm³/mol. The van der Waals surface area contributed by atoms with E-state index in [-0.39, 0.29) is 5.97 Å². The van der Waals surface area contributed by atoms with Crippen LogP contribution in [0.1, 0.15) is 6.92 Å². The molecule has 0 saturated heterocycles. The van der Waals surface area contributed by atoms with Crippen LogP contribution in [0.3, 0.4) is 0 Å². The van der Waals surface area contributed by atoms with Gasteiger partial charge in [0.2, 0.25) is 0 Å². The second kappa shape index (κ2) is 4.94. The molecule has 17 heavy (non-hydrogen) atoms. The van der Waals surface area contributed by atoms with E-state index < -0.39 is 0 Å². The zero-order valence-electron chi connectivity index (χ0n) is 9.11. The molecule has 2 rings (SSSR count). The molecule has 1 aromatic heterocycles. The fourth-order valence-corrected chi connectivity index (χ4v) is 1.84. The molecule has 0 radical (unpaired) electrons. The third-order valence-electron chi connectivity index (χ3n) is 2.30. The first-order chi connectivity index (χ1) is 8.08. The van der Waals surface area contributed by atoms with Gasteiger partial charge in [-0.1, -0.05) is 23.2 Å². The molecule has 0 amide bonds. The van der Waals surface area contributed by atoms with E-state index in [0.717, 1.165) is 11.0 Å². The van der Waals surface area contributed by atoms with Crippen LogP contribution in [0.25, 0.3) is 11.0 Å². The van der Waals surface area contributed by atoms with Crippen LogP contribution in [0.5, 0.6) is 0 Å². The molecular weight excluding hydrogens is 263 g/mol. The van der Waals surface area contributed by atoms with Gasteiger partial charge in [-0.15, -0.1) is 0 Å². The Labute approximate surface area is 108 Å². The molecule has 0 aliphatic rings. The smallest absolute Gasteiger partial charge is 0.302 e. The Morgan fingerprint density at radius 2 is 2.12 bits per heavy atom. The molecule has 0 aliphatic carbocycles. The van der Waals surface area contributed by atoms with E-state index in [1.807, 2.05) is 4.57 Å². The van der Waals surface area contributed by atoms with Gasteiger partial charge in [0.15, 0.2) is 0 Å². The standard InChI is InChI=1S/C11H10Cl2N2O2/c1-7(16)17-3-2-15-6-14-10-4-8(12)9(13)5-11(10)15/h4-6H,2-3H2,1H3. The van der Waals surface area contributed by atoms with Crippen LogP contribution in [-0.2, 0) is 16.1 Å². The third kappa shape index (κ3) is 2.70. The number of hydrogen-bond acceptors (Lipinski definition) is 3. The highest BCUT2D eigenvalue weighted by atomic mass is 35.5. The fourth-order valence-electron chi connectivity index (χ4n) is 1.52. The molecule has 0 aliphatic heterocycles. The van der Waals surface area contributed by atoms with Crippen LogP contribution in [0.4, 0.5) is 0 Å². The summed E-state index contributed by atoms with van der Waals surface area (Å²) in [4.78, 5) is 14.8. The zero-order valence-corrected chi connectivity index (χ0v) is 10.6. The van der Waals surface area contributed by atoms with Crippen molar-refractivity contribution in [1.29, 1.82) is 0 Å². The lowest BCUT2D eigenvalue weighted by molar-refractivity contribution is -0.141. The van der Waals surface area contributed by atoms with E-state index in [1.165, 1.54) is 6.92 Å². The van der Waals surface area contributed by atoms with E-state index in [2.05, 4.69) is 4.98 Å². The Hall–Kier alpha value is -1.26. The number of aromatic nitrogens is 2. The summed E-state index contributed by atoms with van der Waals surface area (Å²) in [5.41, 5.74) is 1.63. The van der Waals surface area contributed by atoms with Crippen LogP contribution in [0.15, 0.2) is 18.5 Å². The number of halogens is 2. The van der Waals surface area contributed by atoms with Crippen molar-refractivity contribution in [1.82, 2.24) is 9.55 Å². The number of benzene rings is 1. The maximum Gasteiger partial charge on any atom is 0.302 e. The Balaban J connectivity index is 2.23. The summed E-state index contributed by atoms with van der Waals surface area (Å²) < 4.78 is 6.73. The van der Waals surface area contributed by atoms with Gasteiger partial charge in [-0.2, -0.15) is 0 Å². The minimum absolute atomic E-state index is 0.296. The van der Waals surface area contributed by atoms with Gasteiger partial charge in [0, 0.05) is 6.92 Å². The zero-order chi connectivity index (χ0) is 12.4. The molecule has 1 heterocycles. The number of carbonyl (C=O) groups excluding carboxylic acids is 1. The molecule has 0 N–H and O–H groups in total. The average Bonchev–Trinajstić information content (AvgIpc) is 2.62. The number of carbonyl (C=O) groups is 1. The molecule has 2 aromatic rings. The van der Waals surface area contributed by atoms with Crippen molar-refractivity contribution in [2.45, 2.75) is 13.5 Å². The Bertz CT molecular complexity index is 566. The molecule has 1 aromatic carbocycles. The van der Waals surface area contributed by atoms with E-state index >= 15 is 0 Å². The highest BCUT2D eigenvalue weighted by Crippen LogP contribution is 2.27. The lowest BCUT2D eigenvalue weighted by Crippen LogP contribution is -2.07. The van der Waals surface area contributed by atoms with Gasteiger partial charge in [-0.25, -0.2) is 4.98 Å². The molecule has 6 heteroatoms. The normalized spacial score (nSPS) is 10.8. The highest BCUT2D eigenvalue weighted by Gasteiger charge is 2.07. The molecule has 0 atom stereocenters. The first kappa shape index (κ1) is 12.2. The van der Waals surface area contributed by atoms with Crippen LogP contribution in [-0.4, -0.2) is 22.1 Å². The average molecular weight is 273 g/mol. The first-order valence-electron chi connectivity index (χ1n) is 5.01. The quantitative estimate of drug-likeness (QED) is 0.807. The lowest BCUT2D eigenvalue weighted by Gasteiger charge is -2.05. The van der Waals surface area contributed by atoms with Crippen molar-refractivity contribution in [2.24, 2.45) is 0 Å². The Morgan fingerprint density at radius 1 is 1.41 bits per heavy atom. The topological polar surface area (TPSA) is 44.1 Å². The minimum atomic E-state index is -0.296. The summed E-state index contributed by atoms with van der Waals surface area (Å²) in [6, 6.07) is 3.46. The van der Waals surface area contributed by atoms with Crippen LogP contribution < -0.4 is 0 Å². The molecule has 0 unspecified atom stereocenters. The largest absolute Gasteiger partial charge is 0.464 e. The molecule has 0 spiro atoms. The molecule has 0 fully saturated rings. The molecule has 0 saturated carbocycles. The number of ether oxygens (including phenoxy) is 1.